The van der Waals surface area contributed by atoms with E-state index in [9.17, 15) is 4.39 Å². The minimum Gasteiger partial charge on any atom is -0.467 e. The van der Waals surface area contributed by atoms with Gasteiger partial charge in [-0.2, -0.15) is 0 Å². The maximum Gasteiger partial charge on any atom is 0.177 e. The molecule has 0 aromatic carbocycles. The highest BCUT2D eigenvalue weighted by atomic mass is 35.5. The molecule has 1 aliphatic rings. The quantitative estimate of drug-likeness (QED) is 0.463. The number of halogens is 2. The fourth-order valence-corrected chi connectivity index (χ4v) is 3.05. The Hall–Kier alpha value is -2.49. The number of aromatic nitrogens is 1. The summed E-state index contributed by atoms with van der Waals surface area (Å²) in [4.78, 5) is 4.42. The molecule has 0 radical (unpaired) electrons. The van der Waals surface area contributed by atoms with Gasteiger partial charge in [0.2, 0.25) is 0 Å². The third-order valence-corrected chi connectivity index (χ3v) is 4.90. The van der Waals surface area contributed by atoms with Gasteiger partial charge in [0.25, 0.3) is 0 Å². The van der Waals surface area contributed by atoms with E-state index in [-0.39, 0.29) is 6.42 Å². The lowest BCUT2D eigenvalue weighted by atomic mass is 10.1. The van der Waals surface area contributed by atoms with Gasteiger partial charge in [-0.05, 0) is 31.9 Å². The van der Waals surface area contributed by atoms with Crippen LogP contribution in [0.2, 0.25) is 5.15 Å². The average Bonchev–Trinajstić information content (AvgIpc) is 3.21. The molecule has 0 aliphatic heterocycles. The molecule has 0 spiro atoms. The van der Waals surface area contributed by atoms with Crippen molar-refractivity contribution in [3.8, 4) is 11.8 Å². The molecule has 3 aromatic heterocycles. The van der Waals surface area contributed by atoms with Crippen LogP contribution in [0.4, 0.5) is 10.1 Å². The fraction of sp³-hybridized carbons (Fsp3) is 0.381. The average molecular weight is 402 g/mol. The van der Waals surface area contributed by atoms with E-state index in [4.69, 9.17) is 26.2 Å². The second kappa shape index (κ2) is 7.86. The van der Waals surface area contributed by atoms with Gasteiger partial charge in [0.05, 0.1) is 24.1 Å². The topological polar surface area (TPSA) is 77.2 Å². The Bertz CT molecular complexity index is 1030. The minimum atomic E-state index is -1.16. The van der Waals surface area contributed by atoms with Crippen LogP contribution in [0.15, 0.2) is 33.3 Å². The van der Waals surface area contributed by atoms with Crippen molar-refractivity contribution in [1.82, 2.24) is 4.98 Å². The number of nitrogens with one attached hydrogen (secondary N) is 1. The van der Waals surface area contributed by atoms with E-state index in [0.717, 1.165) is 18.6 Å². The second-order valence-electron chi connectivity index (χ2n) is 7.09. The van der Waals surface area contributed by atoms with Crippen LogP contribution < -0.4 is 11.1 Å². The van der Waals surface area contributed by atoms with Crippen molar-refractivity contribution >= 4 is 28.4 Å². The van der Waals surface area contributed by atoms with Crippen LogP contribution in [0.1, 0.15) is 36.8 Å². The number of fused-ring (bicyclic) bond motifs is 1. The Morgan fingerprint density at radius 3 is 2.96 bits per heavy atom. The summed E-state index contributed by atoms with van der Waals surface area (Å²) in [6.07, 6.45) is 2.89. The lowest BCUT2D eigenvalue weighted by Gasteiger charge is -2.10. The highest BCUT2D eigenvalue weighted by Gasteiger charge is 2.23. The smallest absolute Gasteiger partial charge is 0.177 e. The molecule has 4 rings (SSSR count). The largest absolute Gasteiger partial charge is 0.467 e. The van der Waals surface area contributed by atoms with Gasteiger partial charge in [0.1, 0.15) is 28.4 Å². The first kappa shape index (κ1) is 18.9. The van der Waals surface area contributed by atoms with E-state index in [1.54, 1.807) is 12.3 Å². The number of furan rings is 2. The van der Waals surface area contributed by atoms with Crippen molar-refractivity contribution in [1.29, 1.82) is 0 Å². The lowest BCUT2D eigenvalue weighted by Crippen LogP contribution is -2.31. The molecule has 1 aliphatic carbocycles. The van der Waals surface area contributed by atoms with Crippen molar-refractivity contribution in [3.63, 3.8) is 0 Å². The normalized spacial score (nSPS) is 15.9. The maximum absolute atomic E-state index is 13.7. The first-order chi connectivity index (χ1) is 13.5. The number of nitrogens with zero attached hydrogens (tertiary/aromatic N) is 1. The predicted octanol–water partition coefficient (Wildman–Crippen LogP) is 4.68. The van der Waals surface area contributed by atoms with Crippen LogP contribution in [0.5, 0.6) is 0 Å². The first-order valence-electron chi connectivity index (χ1n) is 9.30. The summed E-state index contributed by atoms with van der Waals surface area (Å²) in [5.74, 6) is 8.12. The summed E-state index contributed by atoms with van der Waals surface area (Å²) >= 11 is 6.25. The highest BCUT2D eigenvalue weighted by molar-refractivity contribution is 6.30. The van der Waals surface area contributed by atoms with E-state index in [1.807, 2.05) is 12.1 Å². The summed E-state index contributed by atoms with van der Waals surface area (Å²) < 4.78 is 25.1. The zero-order valence-electron chi connectivity index (χ0n) is 15.5. The Balaban J connectivity index is 1.75. The first-order valence-corrected chi connectivity index (χ1v) is 9.68. The molecule has 28 heavy (non-hydrogen) atoms. The van der Waals surface area contributed by atoms with Gasteiger partial charge >= 0.3 is 0 Å². The second-order valence-corrected chi connectivity index (χ2v) is 7.48. The summed E-state index contributed by atoms with van der Waals surface area (Å²) in [5.41, 5.74) is 8.35. The van der Waals surface area contributed by atoms with Crippen molar-refractivity contribution in [2.24, 2.45) is 11.7 Å². The summed E-state index contributed by atoms with van der Waals surface area (Å²) in [6.45, 7) is 1.90. The molecule has 0 unspecified atom stereocenters. The Morgan fingerprint density at radius 1 is 1.46 bits per heavy atom. The van der Waals surface area contributed by atoms with Crippen LogP contribution in [0, 0.1) is 17.8 Å². The van der Waals surface area contributed by atoms with Crippen LogP contribution in [-0.4, -0.2) is 17.2 Å². The molecule has 1 saturated carbocycles. The monoisotopic (exact) mass is 401 g/mol. The molecule has 2 atom stereocenters. The van der Waals surface area contributed by atoms with Crippen LogP contribution in [0.3, 0.4) is 0 Å². The molecule has 0 bridgehead atoms. The third-order valence-electron chi connectivity index (χ3n) is 4.71. The number of anilines is 1. The third kappa shape index (κ3) is 4.16. The van der Waals surface area contributed by atoms with Crippen molar-refractivity contribution < 1.29 is 13.2 Å². The maximum atomic E-state index is 13.7. The van der Waals surface area contributed by atoms with Crippen LogP contribution >= 0.6 is 11.6 Å². The Kier molecular flexibility index (Phi) is 5.29. The van der Waals surface area contributed by atoms with Crippen molar-refractivity contribution in [2.45, 2.75) is 44.9 Å². The van der Waals surface area contributed by atoms with E-state index >= 15 is 0 Å². The number of rotatable bonds is 6. The van der Waals surface area contributed by atoms with Gasteiger partial charge in [-0.1, -0.05) is 23.4 Å². The van der Waals surface area contributed by atoms with Crippen molar-refractivity contribution in [3.05, 3.63) is 46.7 Å². The molecule has 7 heteroatoms. The molecule has 5 nitrogen and oxygen atoms in total. The summed E-state index contributed by atoms with van der Waals surface area (Å²) in [6, 6.07) is 4.70. The molecule has 0 saturated heterocycles. The Morgan fingerprint density at radius 2 is 2.29 bits per heavy atom. The predicted molar refractivity (Wildman–Crippen MR) is 107 cm³/mol. The number of hydrogen-bond acceptors (Lipinski definition) is 5. The zero-order valence-corrected chi connectivity index (χ0v) is 16.2. The molecule has 3 aromatic rings. The zero-order chi connectivity index (χ0) is 19.7. The molecule has 3 heterocycles. The molecule has 0 amide bonds. The highest BCUT2D eigenvalue weighted by Crippen LogP contribution is 2.34. The van der Waals surface area contributed by atoms with Gasteiger partial charge in [0, 0.05) is 24.4 Å². The van der Waals surface area contributed by atoms with Gasteiger partial charge in [0.15, 0.2) is 5.58 Å². The number of alkyl halides is 1. The molecular weight excluding hydrogens is 381 g/mol. The van der Waals surface area contributed by atoms with E-state index in [0.29, 0.717) is 45.7 Å². The summed E-state index contributed by atoms with van der Waals surface area (Å²) in [7, 11) is 0. The van der Waals surface area contributed by atoms with Crippen LogP contribution in [-0.2, 0) is 13.0 Å². The van der Waals surface area contributed by atoms with E-state index in [2.05, 4.69) is 22.1 Å². The Labute approximate surface area is 167 Å². The van der Waals surface area contributed by atoms with Gasteiger partial charge in [-0.25, -0.2) is 9.37 Å². The fourth-order valence-electron chi connectivity index (χ4n) is 2.86. The van der Waals surface area contributed by atoms with Crippen LogP contribution in [0.25, 0.3) is 11.1 Å². The SMILES string of the molecule is C[C@H](F)[C@H](N)Cc1oc2c(NCc3ccco3)cc(Cl)nc2c1C#CC1CC1. The van der Waals surface area contributed by atoms with Gasteiger partial charge in [-0.15, -0.1) is 0 Å². The standard InChI is InChI=1S/C21H21ClFN3O2/c1-12(23)16(24)9-18-15(7-6-13-4-5-13)20-21(28-18)17(10-19(22)26-20)25-11-14-3-2-8-27-14/h2-3,8,10,12-13,16H,4-5,9,11,24H2,1H3,(H,25,26)/t12-,16+/m0/s1. The number of nitrogens with two attached hydrogens (primary N) is 1. The summed E-state index contributed by atoms with van der Waals surface area (Å²) in [5, 5.41) is 3.58. The van der Waals surface area contributed by atoms with Gasteiger partial charge in [-0.3, -0.25) is 0 Å². The molecule has 146 valence electrons. The molecular formula is C21H21ClFN3O2. The minimum absolute atomic E-state index is 0.234. The van der Waals surface area contributed by atoms with E-state index in [1.165, 1.54) is 6.92 Å². The number of pyridine rings is 1. The van der Waals surface area contributed by atoms with Crippen molar-refractivity contribution in [2.75, 3.05) is 5.32 Å². The molecule has 3 N–H and O–H groups in total. The lowest BCUT2D eigenvalue weighted by molar-refractivity contribution is 0.296. The van der Waals surface area contributed by atoms with E-state index < -0.39 is 12.2 Å². The van der Waals surface area contributed by atoms with Gasteiger partial charge < -0.3 is 19.9 Å². The number of hydrogen-bond donors (Lipinski definition) is 2. The molecule has 1 fully saturated rings.